The largest absolute Gasteiger partial charge is 0.496 e. The van der Waals surface area contributed by atoms with Gasteiger partial charge in [-0.25, -0.2) is 0 Å². The van der Waals surface area contributed by atoms with Gasteiger partial charge >= 0.3 is 0 Å². The maximum absolute atomic E-state index is 10.1. The van der Waals surface area contributed by atoms with Gasteiger partial charge in [0.25, 0.3) is 0 Å². The van der Waals surface area contributed by atoms with E-state index in [0.29, 0.717) is 0 Å². The van der Waals surface area contributed by atoms with Gasteiger partial charge < -0.3 is 9.53 Å². The zero-order chi connectivity index (χ0) is 11.3. The summed E-state index contributed by atoms with van der Waals surface area (Å²) in [5.41, 5.74) is 3.05. The summed E-state index contributed by atoms with van der Waals surface area (Å²) in [5, 5.41) is 0. The lowest BCUT2D eigenvalue weighted by Gasteiger charge is -2.08. The first-order valence-corrected chi connectivity index (χ1v) is 4.76. The molecule has 2 nitrogen and oxygen atoms in total. The average Bonchev–Trinajstić information content (AvgIpc) is 2.18. The van der Waals surface area contributed by atoms with Crippen LogP contribution in [0.15, 0.2) is 12.1 Å². The highest BCUT2D eigenvalue weighted by atomic mass is 16.5. The molecule has 78 valence electrons. The number of rotatable bonds is 2. The summed E-state index contributed by atoms with van der Waals surface area (Å²) in [6.07, 6.45) is 1.08. The van der Waals surface area contributed by atoms with Crippen molar-refractivity contribution in [3.05, 3.63) is 28.8 Å². The van der Waals surface area contributed by atoms with Crippen molar-refractivity contribution >= 4 is 6.29 Å². The molecule has 1 aromatic rings. The average molecular weight is 202 g/mol. The van der Waals surface area contributed by atoms with Crippen LogP contribution in [-0.2, 0) is 4.79 Å². The Kier molecular flexibility index (Phi) is 3.93. The van der Waals surface area contributed by atoms with E-state index in [2.05, 4.69) is 11.8 Å². The van der Waals surface area contributed by atoms with Crippen LogP contribution in [0.1, 0.15) is 23.1 Å². The van der Waals surface area contributed by atoms with Crippen molar-refractivity contribution in [2.75, 3.05) is 7.11 Å². The van der Waals surface area contributed by atoms with Gasteiger partial charge in [-0.15, -0.1) is 0 Å². The highest BCUT2D eigenvalue weighted by molar-refractivity contribution is 5.55. The highest BCUT2D eigenvalue weighted by Gasteiger charge is 2.03. The Morgan fingerprint density at radius 3 is 2.40 bits per heavy atom. The lowest BCUT2D eigenvalue weighted by molar-refractivity contribution is -0.107. The molecule has 1 aromatic carbocycles. The van der Waals surface area contributed by atoms with E-state index in [-0.39, 0.29) is 6.42 Å². The van der Waals surface area contributed by atoms with Crippen molar-refractivity contribution < 1.29 is 9.53 Å². The van der Waals surface area contributed by atoms with Crippen LogP contribution < -0.4 is 4.74 Å². The minimum Gasteiger partial charge on any atom is -0.496 e. The fourth-order valence-corrected chi connectivity index (χ4v) is 1.54. The van der Waals surface area contributed by atoms with E-state index in [1.807, 2.05) is 26.0 Å². The summed E-state index contributed by atoms with van der Waals surface area (Å²) in [6, 6.07) is 3.92. The molecule has 0 aromatic heterocycles. The van der Waals surface area contributed by atoms with Crippen LogP contribution in [0.2, 0.25) is 0 Å². The Bertz CT molecular complexity index is 399. The molecule has 0 aliphatic rings. The molecule has 0 unspecified atom stereocenters. The number of aldehydes is 1. The Morgan fingerprint density at radius 2 is 1.93 bits per heavy atom. The van der Waals surface area contributed by atoms with Gasteiger partial charge in [0.15, 0.2) is 0 Å². The second kappa shape index (κ2) is 5.21. The fourth-order valence-electron chi connectivity index (χ4n) is 1.54. The SMILES string of the molecule is COc1c(C)cc(C#CCC=O)cc1C. The van der Waals surface area contributed by atoms with Gasteiger partial charge in [-0.1, -0.05) is 11.8 Å². The van der Waals surface area contributed by atoms with E-state index >= 15 is 0 Å². The van der Waals surface area contributed by atoms with Crippen LogP contribution >= 0.6 is 0 Å². The summed E-state index contributed by atoms with van der Waals surface area (Å²) < 4.78 is 5.25. The van der Waals surface area contributed by atoms with Crippen molar-refractivity contribution in [3.63, 3.8) is 0 Å². The van der Waals surface area contributed by atoms with Gasteiger partial charge in [-0.05, 0) is 37.1 Å². The Labute approximate surface area is 90.3 Å². The topological polar surface area (TPSA) is 26.3 Å². The van der Waals surface area contributed by atoms with Crippen LogP contribution in [0.25, 0.3) is 0 Å². The Balaban J connectivity index is 3.05. The first-order valence-electron chi connectivity index (χ1n) is 4.76. The quantitative estimate of drug-likeness (QED) is 0.543. The molecule has 0 saturated heterocycles. The number of benzene rings is 1. The molecule has 0 heterocycles. The number of hydrogen-bond acceptors (Lipinski definition) is 2. The first-order chi connectivity index (χ1) is 7.19. The summed E-state index contributed by atoms with van der Waals surface area (Å²) in [4.78, 5) is 10.1. The number of ether oxygens (including phenoxy) is 1. The predicted molar refractivity (Wildman–Crippen MR) is 60.0 cm³/mol. The molecule has 0 fully saturated rings. The van der Waals surface area contributed by atoms with E-state index < -0.39 is 0 Å². The van der Waals surface area contributed by atoms with Gasteiger partial charge in [0.2, 0.25) is 0 Å². The third kappa shape index (κ3) is 2.85. The number of carbonyl (C=O) groups excluding carboxylic acids is 1. The van der Waals surface area contributed by atoms with E-state index in [1.165, 1.54) is 0 Å². The van der Waals surface area contributed by atoms with E-state index in [9.17, 15) is 4.79 Å². The molecular weight excluding hydrogens is 188 g/mol. The minimum atomic E-state index is 0.282. The minimum absolute atomic E-state index is 0.282. The lowest BCUT2D eigenvalue weighted by Crippen LogP contribution is -1.92. The van der Waals surface area contributed by atoms with Gasteiger partial charge in [-0.2, -0.15) is 0 Å². The maximum Gasteiger partial charge on any atom is 0.131 e. The zero-order valence-electron chi connectivity index (χ0n) is 9.26. The van der Waals surface area contributed by atoms with Crippen molar-refractivity contribution in [1.82, 2.24) is 0 Å². The monoisotopic (exact) mass is 202 g/mol. The molecule has 15 heavy (non-hydrogen) atoms. The second-order valence-electron chi connectivity index (χ2n) is 3.32. The molecule has 0 radical (unpaired) electrons. The van der Waals surface area contributed by atoms with E-state index in [0.717, 1.165) is 28.7 Å². The fraction of sp³-hybridized carbons (Fsp3) is 0.308. The molecule has 1 rings (SSSR count). The van der Waals surface area contributed by atoms with Crippen molar-refractivity contribution in [1.29, 1.82) is 0 Å². The van der Waals surface area contributed by atoms with Crippen molar-refractivity contribution in [2.24, 2.45) is 0 Å². The molecule has 0 amide bonds. The number of carbonyl (C=O) groups is 1. The van der Waals surface area contributed by atoms with Crippen molar-refractivity contribution in [3.8, 4) is 17.6 Å². The molecule has 0 N–H and O–H groups in total. The first kappa shape index (κ1) is 11.3. The third-order valence-corrected chi connectivity index (χ3v) is 2.08. The maximum atomic E-state index is 10.1. The highest BCUT2D eigenvalue weighted by Crippen LogP contribution is 2.23. The third-order valence-electron chi connectivity index (χ3n) is 2.08. The van der Waals surface area contributed by atoms with Crippen LogP contribution in [-0.4, -0.2) is 13.4 Å². The van der Waals surface area contributed by atoms with Gasteiger partial charge in [0.1, 0.15) is 12.0 Å². The predicted octanol–water partition coefficient (Wildman–Crippen LogP) is 2.25. The second-order valence-corrected chi connectivity index (χ2v) is 3.32. The van der Waals surface area contributed by atoms with Gasteiger partial charge in [0.05, 0.1) is 13.5 Å². The summed E-state index contributed by atoms with van der Waals surface area (Å²) in [5.74, 6) is 6.63. The number of hydrogen-bond donors (Lipinski definition) is 0. The molecule has 0 saturated carbocycles. The molecule has 0 aliphatic heterocycles. The standard InChI is InChI=1S/C13H14O2/c1-10-8-12(6-4-5-7-14)9-11(2)13(10)15-3/h7-9H,5H2,1-3H3. The molecule has 2 heteroatoms. The number of aryl methyl sites for hydroxylation is 2. The number of methoxy groups -OCH3 is 1. The van der Waals surface area contributed by atoms with Crippen LogP contribution in [0.5, 0.6) is 5.75 Å². The summed E-state index contributed by atoms with van der Waals surface area (Å²) in [7, 11) is 1.66. The molecule has 0 bridgehead atoms. The molecule has 0 aliphatic carbocycles. The zero-order valence-corrected chi connectivity index (χ0v) is 9.26. The lowest BCUT2D eigenvalue weighted by atomic mass is 10.1. The summed E-state index contributed by atoms with van der Waals surface area (Å²) >= 11 is 0. The van der Waals surface area contributed by atoms with E-state index in [4.69, 9.17) is 4.74 Å². The van der Waals surface area contributed by atoms with Crippen LogP contribution in [0, 0.1) is 25.7 Å². The molecular formula is C13H14O2. The van der Waals surface area contributed by atoms with Crippen molar-refractivity contribution in [2.45, 2.75) is 20.3 Å². The normalized spacial score (nSPS) is 9.00. The Hall–Kier alpha value is -1.75. The smallest absolute Gasteiger partial charge is 0.131 e. The summed E-state index contributed by atoms with van der Waals surface area (Å²) in [6.45, 7) is 3.97. The van der Waals surface area contributed by atoms with Crippen LogP contribution in [0.4, 0.5) is 0 Å². The molecule has 0 atom stereocenters. The van der Waals surface area contributed by atoms with E-state index in [1.54, 1.807) is 7.11 Å². The van der Waals surface area contributed by atoms with Gasteiger partial charge in [-0.3, -0.25) is 0 Å². The van der Waals surface area contributed by atoms with Crippen LogP contribution in [0.3, 0.4) is 0 Å². The Morgan fingerprint density at radius 1 is 1.33 bits per heavy atom. The van der Waals surface area contributed by atoms with Gasteiger partial charge in [0, 0.05) is 5.56 Å². The molecule has 0 spiro atoms.